The number of carbonyl (C=O) groups excluding carboxylic acids is 1. The van der Waals surface area contributed by atoms with Crippen LogP contribution in [0, 0.1) is 6.92 Å². The van der Waals surface area contributed by atoms with Crippen LogP contribution in [0.4, 0.5) is 0 Å². The van der Waals surface area contributed by atoms with E-state index in [-0.39, 0.29) is 5.91 Å². The van der Waals surface area contributed by atoms with Gasteiger partial charge in [-0.05, 0) is 32.8 Å². The smallest absolute Gasteiger partial charge is 0.268 e. The Morgan fingerprint density at radius 2 is 2.25 bits per heavy atom. The summed E-state index contributed by atoms with van der Waals surface area (Å²) in [7, 11) is 0. The Balaban J connectivity index is 1.90. The monoisotopic (exact) mass is 281 g/mol. The number of hydrogen-bond acceptors (Lipinski definition) is 5. The van der Waals surface area contributed by atoms with Crippen molar-refractivity contribution in [1.29, 1.82) is 0 Å². The Hall–Kier alpha value is -1.37. The summed E-state index contributed by atoms with van der Waals surface area (Å²) in [5.41, 5.74) is 2.64. The van der Waals surface area contributed by atoms with E-state index < -0.39 is 0 Å². The van der Waals surface area contributed by atoms with Crippen molar-refractivity contribution >= 4 is 5.91 Å². The molecular formula is C14H23N3O3. The highest BCUT2D eigenvalue weighted by Crippen LogP contribution is 2.19. The van der Waals surface area contributed by atoms with Crippen molar-refractivity contribution in [3.8, 4) is 0 Å². The number of nitrogens with zero attached hydrogens (tertiary/aromatic N) is 1. The molecule has 0 unspecified atom stereocenters. The number of nitrogen functional groups attached to an aromatic ring is 1. The molecule has 1 aliphatic heterocycles. The van der Waals surface area contributed by atoms with E-state index in [1.54, 1.807) is 13.0 Å². The van der Waals surface area contributed by atoms with Gasteiger partial charge in [0.15, 0.2) is 0 Å². The Labute approximate surface area is 119 Å². The molecule has 2 heterocycles. The van der Waals surface area contributed by atoms with E-state index in [2.05, 4.69) is 10.3 Å². The van der Waals surface area contributed by atoms with Crippen LogP contribution < -0.4 is 11.3 Å². The number of aryl methyl sites for hydroxylation is 1. The third-order valence-electron chi connectivity index (χ3n) is 3.66. The number of carbonyl (C=O) groups is 1. The van der Waals surface area contributed by atoms with Gasteiger partial charge >= 0.3 is 0 Å². The van der Waals surface area contributed by atoms with Crippen molar-refractivity contribution in [3.05, 3.63) is 23.2 Å². The van der Waals surface area contributed by atoms with Crippen molar-refractivity contribution in [1.82, 2.24) is 10.3 Å². The predicted octanol–water partition coefficient (Wildman–Crippen LogP) is 1.19. The van der Waals surface area contributed by atoms with Crippen LogP contribution in [0.15, 0.2) is 10.5 Å². The van der Waals surface area contributed by atoms with Gasteiger partial charge in [0.2, 0.25) is 0 Å². The third kappa shape index (κ3) is 3.59. The molecule has 1 amide bonds. The lowest BCUT2D eigenvalue weighted by molar-refractivity contribution is 0.0112. The summed E-state index contributed by atoms with van der Waals surface area (Å²) in [6.07, 6.45) is 2.47. The van der Waals surface area contributed by atoms with E-state index in [1.165, 1.54) is 0 Å². The third-order valence-corrected chi connectivity index (χ3v) is 3.66. The van der Waals surface area contributed by atoms with Gasteiger partial charge in [-0.3, -0.25) is 15.1 Å². The molecule has 0 aliphatic carbocycles. The predicted molar refractivity (Wildman–Crippen MR) is 75.0 cm³/mol. The van der Waals surface area contributed by atoms with Crippen molar-refractivity contribution in [2.45, 2.75) is 39.3 Å². The number of ether oxygens (including phenoxy) is 1. The molecule has 112 valence electrons. The largest absolute Gasteiger partial charge is 0.464 e. The Morgan fingerprint density at radius 1 is 1.55 bits per heavy atom. The van der Waals surface area contributed by atoms with Crippen molar-refractivity contribution in [3.63, 3.8) is 0 Å². The van der Waals surface area contributed by atoms with Gasteiger partial charge in [-0.2, -0.15) is 0 Å². The molecular weight excluding hydrogens is 258 g/mol. The molecule has 0 spiro atoms. The molecule has 0 atom stereocenters. The highest BCUT2D eigenvalue weighted by molar-refractivity contribution is 5.94. The summed E-state index contributed by atoms with van der Waals surface area (Å²) in [6, 6.07) is 1.77. The number of hydrazine groups is 1. The number of likely N-dealkylation sites (tertiary alicyclic amines) is 1. The van der Waals surface area contributed by atoms with Gasteiger partial charge < -0.3 is 9.15 Å². The van der Waals surface area contributed by atoms with E-state index in [0.29, 0.717) is 17.4 Å². The molecule has 0 radical (unpaired) electrons. The minimum absolute atomic E-state index is 0.312. The van der Waals surface area contributed by atoms with Crippen LogP contribution in [0.3, 0.4) is 0 Å². The van der Waals surface area contributed by atoms with Crippen LogP contribution in [0.5, 0.6) is 0 Å². The summed E-state index contributed by atoms with van der Waals surface area (Å²) in [5.74, 6) is 6.24. The zero-order chi connectivity index (χ0) is 14.5. The fraction of sp³-hybridized carbons (Fsp3) is 0.643. The molecule has 1 saturated heterocycles. The summed E-state index contributed by atoms with van der Waals surface area (Å²) in [4.78, 5) is 13.8. The van der Waals surface area contributed by atoms with Gasteiger partial charge in [0.25, 0.3) is 5.91 Å². The molecule has 1 aliphatic rings. The maximum Gasteiger partial charge on any atom is 0.268 e. The van der Waals surface area contributed by atoms with E-state index in [4.69, 9.17) is 15.0 Å². The molecule has 1 aromatic rings. The molecule has 1 aromatic heterocycles. The van der Waals surface area contributed by atoms with Gasteiger partial charge in [-0.25, -0.2) is 5.84 Å². The van der Waals surface area contributed by atoms with E-state index in [9.17, 15) is 4.79 Å². The van der Waals surface area contributed by atoms with Crippen LogP contribution in [-0.2, 0) is 11.3 Å². The number of hydrogen-bond donors (Lipinski definition) is 2. The second-order valence-electron chi connectivity index (χ2n) is 5.09. The fourth-order valence-corrected chi connectivity index (χ4v) is 2.61. The Kier molecular flexibility index (Phi) is 5.17. The number of piperidine rings is 1. The highest BCUT2D eigenvalue weighted by atomic mass is 16.5. The average Bonchev–Trinajstić information content (AvgIpc) is 2.81. The van der Waals surface area contributed by atoms with E-state index in [1.807, 2.05) is 6.92 Å². The van der Waals surface area contributed by atoms with Crippen LogP contribution in [0.25, 0.3) is 0 Å². The zero-order valence-corrected chi connectivity index (χ0v) is 12.1. The molecule has 6 nitrogen and oxygen atoms in total. The zero-order valence-electron chi connectivity index (χ0n) is 12.1. The SMILES string of the molecule is CCOC1CCN(Cc2cc(C(=O)NN)c(C)o2)CC1. The first-order chi connectivity index (χ1) is 9.63. The van der Waals surface area contributed by atoms with E-state index in [0.717, 1.165) is 44.8 Å². The Morgan fingerprint density at radius 3 is 2.85 bits per heavy atom. The first-order valence-corrected chi connectivity index (χ1v) is 7.08. The first-order valence-electron chi connectivity index (χ1n) is 7.08. The van der Waals surface area contributed by atoms with Crippen molar-refractivity contribution in [2.24, 2.45) is 5.84 Å². The summed E-state index contributed by atoms with van der Waals surface area (Å²) < 4.78 is 11.3. The fourth-order valence-electron chi connectivity index (χ4n) is 2.61. The van der Waals surface area contributed by atoms with Crippen LogP contribution in [0.1, 0.15) is 41.6 Å². The molecule has 2 rings (SSSR count). The first kappa shape index (κ1) is 15.0. The summed E-state index contributed by atoms with van der Waals surface area (Å²) in [5, 5.41) is 0. The summed E-state index contributed by atoms with van der Waals surface area (Å²) in [6.45, 7) is 7.28. The lowest BCUT2D eigenvalue weighted by atomic mass is 10.1. The minimum Gasteiger partial charge on any atom is -0.464 e. The lowest BCUT2D eigenvalue weighted by Gasteiger charge is -2.31. The lowest BCUT2D eigenvalue weighted by Crippen LogP contribution is -2.36. The van der Waals surface area contributed by atoms with Gasteiger partial charge in [0.1, 0.15) is 11.5 Å². The number of amides is 1. The van der Waals surface area contributed by atoms with Gasteiger partial charge in [0, 0.05) is 19.7 Å². The number of rotatable bonds is 5. The molecule has 0 aromatic carbocycles. The highest BCUT2D eigenvalue weighted by Gasteiger charge is 2.21. The molecule has 0 saturated carbocycles. The average molecular weight is 281 g/mol. The number of nitrogens with two attached hydrogens (primary N) is 1. The van der Waals surface area contributed by atoms with Crippen molar-refractivity contribution < 1.29 is 13.9 Å². The van der Waals surface area contributed by atoms with Crippen molar-refractivity contribution in [2.75, 3.05) is 19.7 Å². The topological polar surface area (TPSA) is 80.7 Å². The van der Waals surface area contributed by atoms with E-state index >= 15 is 0 Å². The second kappa shape index (κ2) is 6.88. The number of furan rings is 1. The molecule has 6 heteroatoms. The van der Waals surface area contributed by atoms with Crippen LogP contribution in [-0.4, -0.2) is 36.6 Å². The van der Waals surface area contributed by atoms with Crippen LogP contribution in [0.2, 0.25) is 0 Å². The normalized spacial score (nSPS) is 17.4. The van der Waals surface area contributed by atoms with Gasteiger partial charge in [0.05, 0.1) is 18.2 Å². The maximum atomic E-state index is 11.5. The van der Waals surface area contributed by atoms with Gasteiger partial charge in [-0.15, -0.1) is 0 Å². The van der Waals surface area contributed by atoms with Crippen LogP contribution >= 0.6 is 0 Å². The molecule has 1 fully saturated rings. The molecule has 0 bridgehead atoms. The quantitative estimate of drug-likeness (QED) is 0.481. The summed E-state index contributed by atoms with van der Waals surface area (Å²) >= 11 is 0. The van der Waals surface area contributed by atoms with Gasteiger partial charge in [-0.1, -0.05) is 0 Å². The Bertz CT molecular complexity index is 451. The standard InChI is InChI=1S/C14H23N3O3/c1-3-19-11-4-6-17(7-5-11)9-12-8-13(10(2)20-12)14(18)16-15/h8,11H,3-7,9,15H2,1-2H3,(H,16,18). The second-order valence-corrected chi connectivity index (χ2v) is 5.09. The molecule has 20 heavy (non-hydrogen) atoms. The minimum atomic E-state index is -0.312. The number of nitrogens with one attached hydrogen (secondary N) is 1. The molecule has 3 N–H and O–H groups in total. The maximum absolute atomic E-state index is 11.5.